The first-order valence-electron chi connectivity index (χ1n) is 7.73. The van der Waals surface area contributed by atoms with E-state index in [0.717, 1.165) is 19.5 Å². The molecule has 1 aromatic rings. The minimum absolute atomic E-state index is 0.316. The third kappa shape index (κ3) is 3.76. The van der Waals surface area contributed by atoms with Crippen molar-refractivity contribution in [3.8, 4) is 0 Å². The van der Waals surface area contributed by atoms with Gasteiger partial charge in [0.15, 0.2) is 0 Å². The summed E-state index contributed by atoms with van der Waals surface area (Å²) < 4.78 is 5.05. The molecule has 0 aliphatic carbocycles. The van der Waals surface area contributed by atoms with Crippen LogP contribution in [0, 0.1) is 5.92 Å². The van der Waals surface area contributed by atoms with Crippen LogP contribution in [-0.2, 0) is 16.0 Å². The summed E-state index contributed by atoms with van der Waals surface area (Å²) in [5.41, 5.74) is 7.85. The molecule has 2 rings (SSSR count). The highest BCUT2D eigenvalue weighted by molar-refractivity contribution is 5.80. The van der Waals surface area contributed by atoms with E-state index in [1.807, 2.05) is 0 Å². The van der Waals surface area contributed by atoms with Gasteiger partial charge in [-0.2, -0.15) is 0 Å². The lowest BCUT2D eigenvalue weighted by Crippen LogP contribution is -2.49. The highest BCUT2D eigenvalue weighted by Crippen LogP contribution is 2.29. The van der Waals surface area contributed by atoms with Crippen molar-refractivity contribution in [1.82, 2.24) is 0 Å². The van der Waals surface area contributed by atoms with Crippen LogP contribution in [0.4, 0.5) is 5.69 Å². The Morgan fingerprint density at radius 3 is 2.90 bits per heavy atom. The fourth-order valence-electron chi connectivity index (χ4n) is 2.88. The first-order valence-corrected chi connectivity index (χ1v) is 7.73. The van der Waals surface area contributed by atoms with E-state index in [2.05, 4.69) is 36.1 Å². The van der Waals surface area contributed by atoms with Gasteiger partial charge in [-0.25, -0.2) is 0 Å². The van der Waals surface area contributed by atoms with Gasteiger partial charge >= 0.3 is 5.97 Å². The quantitative estimate of drug-likeness (QED) is 0.846. The van der Waals surface area contributed by atoms with Crippen molar-refractivity contribution < 1.29 is 9.53 Å². The summed E-state index contributed by atoms with van der Waals surface area (Å²) in [6, 6.07) is 8.49. The van der Waals surface area contributed by atoms with E-state index in [0.29, 0.717) is 18.9 Å². The molecule has 116 valence electrons. The van der Waals surface area contributed by atoms with E-state index in [1.54, 1.807) is 13.8 Å². The molecule has 1 aromatic carbocycles. The Labute approximate surface area is 127 Å². The number of anilines is 1. The fourth-order valence-corrected chi connectivity index (χ4v) is 2.88. The van der Waals surface area contributed by atoms with Crippen LogP contribution in [0.15, 0.2) is 24.3 Å². The number of fused-ring (bicyclic) bond motifs is 1. The smallest absolute Gasteiger partial charge is 0.325 e. The van der Waals surface area contributed by atoms with Gasteiger partial charge in [-0.15, -0.1) is 0 Å². The number of esters is 1. The molecule has 21 heavy (non-hydrogen) atoms. The molecule has 0 radical (unpaired) electrons. The lowest BCUT2D eigenvalue weighted by atomic mass is 9.92. The number of carbonyl (C=O) groups excluding carboxylic acids is 1. The van der Waals surface area contributed by atoms with Gasteiger partial charge in [-0.05, 0) is 44.2 Å². The summed E-state index contributed by atoms with van der Waals surface area (Å²) in [6.45, 7) is 7.97. The van der Waals surface area contributed by atoms with Gasteiger partial charge in [0.05, 0.1) is 6.61 Å². The van der Waals surface area contributed by atoms with E-state index in [1.165, 1.54) is 11.3 Å². The van der Waals surface area contributed by atoms with E-state index in [-0.39, 0.29) is 5.97 Å². The molecule has 0 amide bonds. The summed E-state index contributed by atoms with van der Waals surface area (Å²) in [5, 5.41) is 0. The molecule has 4 heteroatoms. The highest BCUT2D eigenvalue weighted by atomic mass is 16.5. The number of carbonyl (C=O) groups is 1. The van der Waals surface area contributed by atoms with Gasteiger partial charge < -0.3 is 15.4 Å². The fraction of sp³-hybridized carbons (Fsp3) is 0.588. The summed E-state index contributed by atoms with van der Waals surface area (Å²) in [7, 11) is 0. The van der Waals surface area contributed by atoms with Crippen LogP contribution in [0.2, 0.25) is 0 Å². The molecule has 2 atom stereocenters. The Balaban J connectivity index is 2.05. The molecule has 0 spiro atoms. The van der Waals surface area contributed by atoms with Crippen LogP contribution in [-0.4, -0.2) is 31.2 Å². The van der Waals surface area contributed by atoms with Gasteiger partial charge in [-0.3, -0.25) is 4.79 Å². The van der Waals surface area contributed by atoms with E-state index < -0.39 is 5.54 Å². The summed E-state index contributed by atoms with van der Waals surface area (Å²) in [4.78, 5) is 14.2. The Kier molecular flexibility index (Phi) is 4.88. The third-order valence-corrected chi connectivity index (χ3v) is 4.08. The van der Waals surface area contributed by atoms with E-state index in [9.17, 15) is 4.79 Å². The van der Waals surface area contributed by atoms with Crippen LogP contribution in [0.25, 0.3) is 0 Å². The van der Waals surface area contributed by atoms with Crippen LogP contribution >= 0.6 is 0 Å². The van der Waals surface area contributed by atoms with Crippen LogP contribution in [0.1, 0.15) is 32.8 Å². The molecular weight excluding hydrogens is 264 g/mol. The normalized spacial score (nSPS) is 20.6. The number of para-hydroxylation sites is 1. The van der Waals surface area contributed by atoms with Crippen molar-refractivity contribution in [3.63, 3.8) is 0 Å². The lowest BCUT2D eigenvalue weighted by molar-refractivity contribution is -0.149. The number of hydrogen-bond acceptors (Lipinski definition) is 4. The van der Waals surface area contributed by atoms with Gasteiger partial charge in [-0.1, -0.05) is 25.1 Å². The summed E-state index contributed by atoms with van der Waals surface area (Å²) in [5.74, 6) is 0.301. The Hall–Kier alpha value is -1.55. The van der Waals surface area contributed by atoms with Crippen molar-refractivity contribution in [2.45, 2.75) is 39.2 Å². The average molecular weight is 290 g/mol. The molecular formula is C17H26N2O2. The molecule has 4 nitrogen and oxygen atoms in total. The molecule has 0 saturated heterocycles. The SMILES string of the molecule is CCOC(=O)C(C)(N)CCN1CC(C)Cc2ccccc21. The van der Waals surface area contributed by atoms with E-state index in [4.69, 9.17) is 10.5 Å². The van der Waals surface area contributed by atoms with Gasteiger partial charge in [0, 0.05) is 18.8 Å². The Morgan fingerprint density at radius 2 is 2.19 bits per heavy atom. The zero-order valence-corrected chi connectivity index (χ0v) is 13.3. The molecule has 0 aromatic heterocycles. The number of benzene rings is 1. The minimum atomic E-state index is -0.925. The second-order valence-electron chi connectivity index (χ2n) is 6.27. The standard InChI is InChI=1S/C17H26N2O2/c1-4-21-16(20)17(3,18)9-10-19-12-13(2)11-14-7-5-6-8-15(14)19/h5-8,13H,4,9-12,18H2,1-3H3. The molecule has 1 aliphatic rings. The van der Waals surface area contributed by atoms with E-state index >= 15 is 0 Å². The maximum absolute atomic E-state index is 11.9. The van der Waals surface area contributed by atoms with Crippen molar-refractivity contribution >= 4 is 11.7 Å². The lowest BCUT2D eigenvalue weighted by Gasteiger charge is -2.36. The first-order chi connectivity index (χ1) is 9.94. The molecule has 0 fully saturated rings. The molecule has 1 heterocycles. The molecule has 0 saturated carbocycles. The molecule has 2 N–H and O–H groups in total. The van der Waals surface area contributed by atoms with Crippen molar-refractivity contribution in [1.29, 1.82) is 0 Å². The molecule has 1 aliphatic heterocycles. The van der Waals surface area contributed by atoms with Crippen LogP contribution in [0.3, 0.4) is 0 Å². The molecule has 2 unspecified atom stereocenters. The number of nitrogens with zero attached hydrogens (tertiary/aromatic N) is 1. The van der Waals surface area contributed by atoms with Crippen LogP contribution < -0.4 is 10.6 Å². The topological polar surface area (TPSA) is 55.6 Å². The highest BCUT2D eigenvalue weighted by Gasteiger charge is 2.31. The Bertz CT molecular complexity index is 499. The Morgan fingerprint density at radius 1 is 1.48 bits per heavy atom. The number of hydrogen-bond donors (Lipinski definition) is 1. The summed E-state index contributed by atoms with van der Waals surface area (Å²) in [6.07, 6.45) is 1.71. The second-order valence-corrected chi connectivity index (χ2v) is 6.27. The zero-order chi connectivity index (χ0) is 15.5. The first kappa shape index (κ1) is 15.8. The average Bonchev–Trinajstić information content (AvgIpc) is 2.45. The number of rotatable bonds is 5. The maximum Gasteiger partial charge on any atom is 0.325 e. The van der Waals surface area contributed by atoms with Crippen LogP contribution in [0.5, 0.6) is 0 Å². The van der Waals surface area contributed by atoms with Crippen molar-refractivity contribution in [2.75, 3.05) is 24.6 Å². The molecule has 0 bridgehead atoms. The predicted octanol–water partition coefficient (Wildman–Crippen LogP) is 2.36. The number of nitrogens with two attached hydrogens (primary N) is 1. The van der Waals surface area contributed by atoms with Crippen molar-refractivity contribution in [3.05, 3.63) is 29.8 Å². The maximum atomic E-state index is 11.9. The zero-order valence-electron chi connectivity index (χ0n) is 13.3. The third-order valence-electron chi connectivity index (χ3n) is 4.08. The van der Waals surface area contributed by atoms with Crippen molar-refractivity contribution in [2.24, 2.45) is 11.7 Å². The number of ether oxygens (including phenoxy) is 1. The van der Waals surface area contributed by atoms with Gasteiger partial charge in [0.25, 0.3) is 0 Å². The minimum Gasteiger partial charge on any atom is -0.465 e. The van der Waals surface area contributed by atoms with Gasteiger partial charge in [0.1, 0.15) is 5.54 Å². The monoisotopic (exact) mass is 290 g/mol. The predicted molar refractivity (Wildman–Crippen MR) is 85.4 cm³/mol. The largest absolute Gasteiger partial charge is 0.465 e. The summed E-state index contributed by atoms with van der Waals surface area (Å²) >= 11 is 0. The van der Waals surface area contributed by atoms with Gasteiger partial charge in [0.2, 0.25) is 0 Å². The second kappa shape index (κ2) is 6.48.